The Labute approximate surface area is 130 Å². The highest BCUT2D eigenvalue weighted by molar-refractivity contribution is 5.95. The molecule has 1 aliphatic heterocycles. The average Bonchev–Trinajstić information content (AvgIpc) is 2.53. The van der Waals surface area contributed by atoms with Gasteiger partial charge < -0.3 is 4.90 Å². The van der Waals surface area contributed by atoms with Gasteiger partial charge >= 0.3 is 0 Å². The lowest BCUT2D eigenvalue weighted by atomic mass is 9.75. The van der Waals surface area contributed by atoms with E-state index in [0.29, 0.717) is 17.2 Å². The second-order valence-electron chi connectivity index (χ2n) is 6.56. The number of Topliss-reactive ketones (excluding diaryl/α,β-unsaturated/α-hetero) is 1. The summed E-state index contributed by atoms with van der Waals surface area (Å²) in [6, 6.07) is 4.88. The molecular formula is C17H22N2O3. The third-order valence-electron chi connectivity index (χ3n) is 5.21. The number of nitrogens with zero attached hydrogens (tertiary/aromatic N) is 2. The van der Waals surface area contributed by atoms with Crippen molar-refractivity contribution in [2.45, 2.75) is 39.0 Å². The Hall–Kier alpha value is -1.91. The summed E-state index contributed by atoms with van der Waals surface area (Å²) in [5.74, 6) is 1.32. The number of rotatable bonds is 3. The maximum absolute atomic E-state index is 11.5. The lowest BCUT2D eigenvalue weighted by Crippen LogP contribution is -2.42. The molecule has 5 nitrogen and oxygen atoms in total. The zero-order valence-electron chi connectivity index (χ0n) is 13.0. The Bertz CT molecular complexity index is 600. The number of fused-ring (bicyclic) bond motifs is 1. The maximum atomic E-state index is 11.5. The molecule has 1 saturated heterocycles. The van der Waals surface area contributed by atoms with Crippen molar-refractivity contribution in [3.05, 3.63) is 33.9 Å². The van der Waals surface area contributed by atoms with E-state index in [1.807, 2.05) is 0 Å². The van der Waals surface area contributed by atoms with Crippen LogP contribution in [-0.4, -0.2) is 23.8 Å². The molecule has 0 N–H and O–H groups in total. The number of anilines is 1. The Morgan fingerprint density at radius 2 is 1.95 bits per heavy atom. The number of benzene rings is 1. The van der Waals surface area contributed by atoms with Crippen LogP contribution in [0.3, 0.4) is 0 Å². The van der Waals surface area contributed by atoms with E-state index in [0.717, 1.165) is 25.4 Å². The van der Waals surface area contributed by atoms with Crippen molar-refractivity contribution in [2.24, 2.45) is 11.8 Å². The van der Waals surface area contributed by atoms with E-state index in [9.17, 15) is 14.9 Å². The number of piperidine rings is 1. The topological polar surface area (TPSA) is 63.5 Å². The molecule has 1 aromatic carbocycles. The average molecular weight is 302 g/mol. The van der Waals surface area contributed by atoms with Gasteiger partial charge in [0.2, 0.25) is 0 Å². The fraction of sp³-hybridized carbons (Fsp3) is 0.588. The fourth-order valence-electron chi connectivity index (χ4n) is 3.98. The van der Waals surface area contributed by atoms with Crippen LogP contribution in [0.4, 0.5) is 11.4 Å². The minimum Gasteiger partial charge on any atom is -0.366 e. The predicted molar refractivity (Wildman–Crippen MR) is 85.4 cm³/mol. The molecule has 2 aliphatic rings. The molecule has 0 amide bonds. The monoisotopic (exact) mass is 302 g/mol. The zero-order valence-corrected chi connectivity index (χ0v) is 13.0. The van der Waals surface area contributed by atoms with Gasteiger partial charge in [0.15, 0.2) is 5.78 Å². The van der Waals surface area contributed by atoms with E-state index < -0.39 is 0 Å². The van der Waals surface area contributed by atoms with Gasteiger partial charge in [0.1, 0.15) is 5.69 Å². The third-order valence-corrected chi connectivity index (χ3v) is 5.21. The van der Waals surface area contributed by atoms with Gasteiger partial charge in [-0.15, -0.1) is 0 Å². The van der Waals surface area contributed by atoms with E-state index in [1.54, 1.807) is 12.1 Å². The highest BCUT2D eigenvalue weighted by atomic mass is 16.6. The van der Waals surface area contributed by atoms with Gasteiger partial charge in [0.25, 0.3) is 5.69 Å². The normalized spacial score (nSPS) is 24.7. The predicted octanol–water partition coefficient (Wildman–Crippen LogP) is 3.81. The van der Waals surface area contributed by atoms with E-state index in [-0.39, 0.29) is 16.4 Å². The second kappa shape index (κ2) is 6.07. The van der Waals surface area contributed by atoms with E-state index in [1.165, 1.54) is 38.7 Å². The molecule has 0 bridgehead atoms. The van der Waals surface area contributed by atoms with Crippen LogP contribution in [0.15, 0.2) is 18.2 Å². The number of hydrogen-bond donors (Lipinski definition) is 0. The molecule has 1 aromatic rings. The van der Waals surface area contributed by atoms with Crippen molar-refractivity contribution in [1.29, 1.82) is 0 Å². The van der Waals surface area contributed by atoms with Crippen molar-refractivity contribution in [2.75, 3.05) is 18.0 Å². The van der Waals surface area contributed by atoms with Crippen molar-refractivity contribution < 1.29 is 9.72 Å². The van der Waals surface area contributed by atoms with Gasteiger partial charge in [0, 0.05) is 24.7 Å². The van der Waals surface area contributed by atoms with Crippen molar-refractivity contribution in [3.63, 3.8) is 0 Å². The van der Waals surface area contributed by atoms with Gasteiger partial charge in [-0.3, -0.25) is 14.9 Å². The zero-order chi connectivity index (χ0) is 15.7. The van der Waals surface area contributed by atoms with Crippen molar-refractivity contribution in [1.82, 2.24) is 0 Å². The molecule has 3 rings (SSSR count). The molecule has 1 aliphatic carbocycles. The van der Waals surface area contributed by atoms with Crippen LogP contribution in [0.5, 0.6) is 0 Å². The highest BCUT2D eigenvalue weighted by Gasteiger charge is 2.33. The summed E-state index contributed by atoms with van der Waals surface area (Å²) < 4.78 is 0. The molecular weight excluding hydrogens is 280 g/mol. The third kappa shape index (κ3) is 2.85. The van der Waals surface area contributed by atoms with Crippen LogP contribution in [0.2, 0.25) is 0 Å². The number of carbonyl (C=O) groups excluding carboxylic acids is 1. The minimum atomic E-state index is -0.366. The molecule has 2 atom stereocenters. The second-order valence-corrected chi connectivity index (χ2v) is 6.56. The molecule has 5 heteroatoms. The lowest BCUT2D eigenvalue weighted by Gasteiger charge is -2.42. The summed E-state index contributed by atoms with van der Waals surface area (Å²) in [7, 11) is 0. The first kappa shape index (κ1) is 15.0. The Balaban J connectivity index is 1.87. The number of ketones is 1. The van der Waals surface area contributed by atoms with Crippen molar-refractivity contribution >= 4 is 17.2 Å². The summed E-state index contributed by atoms with van der Waals surface area (Å²) in [4.78, 5) is 24.6. The van der Waals surface area contributed by atoms with Crippen molar-refractivity contribution in [3.8, 4) is 0 Å². The van der Waals surface area contributed by atoms with Crippen LogP contribution in [-0.2, 0) is 0 Å². The first-order chi connectivity index (χ1) is 10.6. The standard InChI is InChI=1S/C17H22N2O3/c1-12(20)14-6-7-16(17(10-14)19(21)22)18-9-8-13-4-2-3-5-15(13)11-18/h6-7,10,13,15H,2-5,8-9,11H2,1H3/t13-,15-/m1/s1. The van der Waals surface area contributed by atoms with Crippen LogP contribution >= 0.6 is 0 Å². The summed E-state index contributed by atoms with van der Waals surface area (Å²) in [5.41, 5.74) is 1.13. The number of nitro groups is 1. The fourth-order valence-corrected chi connectivity index (χ4v) is 3.98. The number of nitro benzene ring substituents is 1. The highest BCUT2D eigenvalue weighted by Crippen LogP contribution is 2.39. The van der Waals surface area contributed by atoms with E-state index in [2.05, 4.69) is 4.90 Å². The molecule has 2 fully saturated rings. The molecule has 1 heterocycles. The Kier molecular flexibility index (Phi) is 4.14. The quantitative estimate of drug-likeness (QED) is 0.484. The van der Waals surface area contributed by atoms with Gasteiger partial charge in [-0.1, -0.05) is 19.3 Å². The molecule has 0 unspecified atom stereocenters. The number of hydrogen-bond acceptors (Lipinski definition) is 4. The molecule has 1 saturated carbocycles. The SMILES string of the molecule is CC(=O)c1ccc(N2CC[C@H]3CCCC[C@@H]3C2)c([N+](=O)[O-])c1. The van der Waals surface area contributed by atoms with Gasteiger partial charge in [-0.25, -0.2) is 0 Å². The van der Waals surface area contributed by atoms with Crippen LogP contribution < -0.4 is 4.90 Å². The lowest BCUT2D eigenvalue weighted by molar-refractivity contribution is -0.384. The van der Waals surface area contributed by atoms with E-state index >= 15 is 0 Å². The maximum Gasteiger partial charge on any atom is 0.293 e. The van der Waals surface area contributed by atoms with Crippen LogP contribution in [0.1, 0.15) is 49.4 Å². The van der Waals surface area contributed by atoms with Crippen LogP contribution in [0.25, 0.3) is 0 Å². The minimum absolute atomic E-state index is 0.0574. The van der Waals surface area contributed by atoms with Gasteiger partial charge in [-0.2, -0.15) is 0 Å². The molecule has 0 spiro atoms. The number of carbonyl (C=O) groups is 1. The Morgan fingerprint density at radius 3 is 2.64 bits per heavy atom. The summed E-state index contributed by atoms with van der Waals surface area (Å²) in [5, 5.41) is 11.4. The summed E-state index contributed by atoms with van der Waals surface area (Å²) >= 11 is 0. The molecule has 22 heavy (non-hydrogen) atoms. The molecule has 118 valence electrons. The first-order valence-corrected chi connectivity index (χ1v) is 8.10. The summed E-state index contributed by atoms with van der Waals surface area (Å²) in [6.45, 7) is 3.22. The molecule has 0 aromatic heterocycles. The van der Waals surface area contributed by atoms with Gasteiger partial charge in [-0.05, 0) is 43.7 Å². The summed E-state index contributed by atoms with van der Waals surface area (Å²) in [6.07, 6.45) is 6.27. The molecule has 0 radical (unpaired) electrons. The Morgan fingerprint density at radius 1 is 1.23 bits per heavy atom. The van der Waals surface area contributed by atoms with Crippen LogP contribution in [0, 0.1) is 22.0 Å². The smallest absolute Gasteiger partial charge is 0.293 e. The largest absolute Gasteiger partial charge is 0.366 e. The first-order valence-electron chi connectivity index (χ1n) is 8.10. The van der Waals surface area contributed by atoms with E-state index in [4.69, 9.17) is 0 Å². The van der Waals surface area contributed by atoms with Gasteiger partial charge in [0.05, 0.1) is 4.92 Å².